The zero-order chi connectivity index (χ0) is 17.9. The third-order valence-electron chi connectivity index (χ3n) is 4.11. The molecule has 0 bridgehead atoms. The van der Waals surface area contributed by atoms with Gasteiger partial charge in [-0.3, -0.25) is 14.3 Å². The van der Waals surface area contributed by atoms with Crippen molar-refractivity contribution in [3.63, 3.8) is 0 Å². The van der Waals surface area contributed by atoms with Crippen LogP contribution in [0.25, 0.3) is 16.7 Å². The Balaban J connectivity index is 1.56. The van der Waals surface area contributed by atoms with E-state index in [1.165, 1.54) is 0 Å². The highest BCUT2D eigenvalue weighted by atomic mass is 16.3. The number of carbonyl (C=O) groups excluding carboxylic acids is 1. The maximum Gasteiger partial charge on any atom is 0.251 e. The van der Waals surface area contributed by atoms with Crippen molar-refractivity contribution in [2.75, 3.05) is 0 Å². The smallest absolute Gasteiger partial charge is 0.251 e. The van der Waals surface area contributed by atoms with Gasteiger partial charge in [0.25, 0.3) is 5.91 Å². The molecular weight excluding hydrogens is 328 g/mol. The van der Waals surface area contributed by atoms with Gasteiger partial charge < -0.3 is 10.4 Å². The van der Waals surface area contributed by atoms with Crippen molar-refractivity contribution >= 4 is 16.9 Å². The summed E-state index contributed by atoms with van der Waals surface area (Å²) in [6, 6.07) is 16.0. The van der Waals surface area contributed by atoms with Gasteiger partial charge in [-0.1, -0.05) is 6.07 Å². The second-order valence-corrected chi connectivity index (χ2v) is 5.88. The Labute approximate surface area is 149 Å². The molecule has 0 spiro atoms. The number of aromatic hydroxyl groups is 1. The first-order valence-corrected chi connectivity index (χ1v) is 8.14. The fourth-order valence-electron chi connectivity index (χ4n) is 2.76. The van der Waals surface area contributed by atoms with Gasteiger partial charge in [-0.25, -0.2) is 4.98 Å². The van der Waals surface area contributed by atoms with E-state index in [0.29, 0.717) is 12.1 Å². The summed E-state index contributed by atoms with van der Waals surface area (Å²) in [6.07, 6.45) is 5.13. The molecule has 2 aromatic carbocycles. The van der Waals surface area contributed by atoms with Gasteiger partial charge in [-0.05, 0) is 54.1 Å². The molecular formula is C20H16N4O2. The van der Waals surface area contributed by atoms with Crippen molar-refractivity contribution in [1.29, 1.82) is 0 Å². The summed E-state index contributed by atoms with van der Waals surface area (Å²) in [5, 5.41) is 12.3. The number of nitrogens with one attached hydrogen (secondary N) is 1. The highest BCUT2D eigenvalue weighted by Gasteiger charge is 2.10. The number of benzene rings is 2. The van der Waals surface area contributed by atoms with Crippen LogP contribution in [0.1, 0.15) is 15.9 Å². The summed E-state index contributed by atoms with van der Waals surface area (Å²) in [5.74, 6) is 0.0562. The lowest BCUT2D eigenvalue weighted by atomic mass is 10.1. The predicted molar refractivity (Wildman–Crippen MR) is 98.1 cm³/mol. The van der Waals surface area contributed by atoms with Gasteiger partial charge >= 0.3 is 0 Å². The summed E-state index contributed by atoms with van der Waals surface area (Å²) >= 11 is 0. The van der Waals surface area contributed by atoms with Crippen LogP contribution in [0.5, 0.6) is 5.75 Å². The minimum absolute atomic E-state index is 0.157. The number of amides is 1. The van der Waals surface area contributed by atoms with Gasteiger partial charge in [0, 0.05) is 30.2 Å². The van der Waals surface area contributed by atoms with Crippen LogP contribution in [0.2, 0.25) is 0 Å². The Bertz CT molecular complexity index is 1060. The number of fused-ring (bicyclic) bond motifs is 1. The van der Waals surface area contributed by atoms with E-state index in [1.807, 2.05) is 34.9 Å². The second kappa shape index (κ2) is 6.68. The third-order valence-corrected chi connectivity index (χ3v) is 4.11. The quantitative estimate of drug-likeness (QED) is 0.596. The molecule has 128 valence electrons. The SMILES string of the molecule is O=C(NCc1cccnc1)c1ccc2c(c1)ncn2-c1ccc(O)cc1. The molecule has 2 heterocycles. The average molecular weight is 344 g/mol. The van der Waals surface area contributed by atoms with Crippen molar-refractivity contribution in [2.45, 2.75) is 6.54 Å². The van der Waals surface area contributed by atoms with Crippen LogP contribution in [0, 0.1) is 0 Å². The summed E-state index contributed by atoms with van der Waals surface area (Å²) < 4.78 is 1.91. The Morgan fingerprint density at radius 3 is 2.73 bits per heavy atom. The third kappa shape index (κ3) is 3.12. The van der Waals surface area contributed by atoms with E-state index in [2.05, 4.69) is 15.3 Å². The minimum Gasteiger partial charge on any atom is -0.508 e. The topological polar surface area (TPSA) is 80.0 Å². The fraction of sp³-hybridized carbons (Fsp3) is 0.0500. The first kappa shape index (κ1) is 15.8. The lowest BCUT2D eigenvalue weighted by Crippen LogP contribution is -2.22. The van der Waals surface area contributed by atoms with Gasteiger partial charge in [0.1, 0.15) is 12.1 Å². The van der Waals surface area contributed by atoms with E-state index in [0.717, 1.165) is 22.3 Å². The molecule has 2 aromatic heterocycles. The van der Waals surface area contributed by atoms with Crippen LogP contribution in [0.15, 0.2) is 73.3 Å². The number of hydrogen-bond donors (Lipinski definition) is 2. The highest BCUT2D eigenvalue weighted by molar-refractivity contribution is 5.97. The molecule has 26 heavy (non-hydrogen) atoms. The molecule has 4 aromatic rings. The van der Waals surface area contributed by atoms with Gasteiger partial charge in [-0.15, -0.1) is 0 Å². The fourth-order valence-corrected chi connectivity index (χ4v) is 2.76. The van der Waals surface area contributed by atoms with E-state index in [9.17, 15) is 9.90 Å². The zero-order valence-electron chi connectivity index (χ0n) is 13.8. The highest BCUT2D eigenvalue weighted by Crippen LogP contribution is 2.21. The minimum atomic E-state index is -0.157. The maximum absolute atomic E-state index is 12.4. The van der Waals surface area contributed by atoms with Crippen LogP contribution in [0.3, 0.4) is 0 Å². The normalized spacial score (nSPS) is 10.8. The molecule has 0 aliphatic carbocycles. The number of imidazole rings is 1. The molecule has 2 N–H and O–H groups in total. The van der Waals surface area contributed by atoms with Gasteiger partial charge in [0.15, 0.2) is 0 Å². The van der Waals surface area contributed by atoms with Crippen LogP contribution in [-0.2, 0) is 6.54 Å². The molecule has 0 fully saturated rings. The lowest BCUT2D eigenvalue weighted by molar-refractivity contribution is 0.0951. The van der Waals surface area contributed by atoms with Crippen LogP contribution >= 0.6 is 0 Å². The summed E-state index contributed by atoms with van der Waals surface area (Å²) in [7, 11) is 0. The lowest BCUT2D eigenvalue weighted by Gasteiger charge is -2.07. The van der Waals surface area contributed by atoms with Crippen molar-refractivity contribution in [2.24, 2.45) is 0 Å². The standard InChI is InChI=1S/C20H16N4O2/c25-17-6-4-16(5-7-17)24-13-23-18-10-15(3-8-19(18)24)20(26)22-12-14-2-1-9-21-11-14/h1-11,13,25H,12H2,(H,22,26). The molecule has 0 saturated carbocycles. The summed E-state index contributed by atoms with van der Waals surface area (Å²) in [6.45, 7) is 0.423. The molecule has 0 saturated heterocycles. The van der Waals surface area contributed by atoms with E-state index >= 15 is 0 Å². The Morgan fingerprint density at radius 2 is 1.96 bits per heavy atom. The van der Waals surface area contributed by atoms with Crippen LogP contribution in [0.4, 0.5) is 0 Å². The molecule has 0 unspecified atom stereocenters. The van der Waals surface area contributed by atoms with E-state index in [1.54, 1.807) is 43.0 Å². The monoisotopic (exact) mass is 344 g/mol. The molecule has 6 heteroatoms. The van der Waals surface area contributed by atoms with Crippen molar-refractivity contribution in [3.8, 4) is 11.4 Å². The number of phenols is 1. The average Bonchev–Trinajstić information content (AvgIpc) is 3.11. The first-order valence-electron chi connectivity index (χ1n) is 8.14. The number of aromatic nitrogens is 3. The molecule has 0 aliphatic rings. The van der Waals surface area contributed by atoms with Gasteiger partial charge in [0.2, 0.25) is 0 Å². The first-order chi connectivity index (χ1) is 12.7. The number of carbonyl (C=O) groups is 1. The Hall–Kier alpha value is -3.67. The summed E-state index contributed by atoms with van der Waals surface area (Å²) in [4.78, 5) is 20.8. The summed E-state index contributed by atoms with van der Waals surface area (Å²) in [5.41, 5.74) is 4.00. The molecule has 0 atom stereocenters. The maximum atomic E-state index is 12.4. The largest absolute Gasteiger partial charge is 0.508 e. The van der Waals surface area contributed by atoms with Gasteiger partial charge in [0.05, 0.1) is 11.0 Å². The Kier molecular flexibility index (Phi) is 4.07. The van der Waals surface area contributed by atoms with Crippen molar-refractivity contribution < 1.29 is 9.90 Å². The van der Waals surface area contributed by atoms with Crippen LogP contribution in [-0.4, -0.2) is 25.5 Å². The predicted octanol–water partition coefficient (Wildman–Crippen LogP) is 3.06. The molecule has 6 nitrogen and oxygen atoms in total. The van der Waals surface area contributed by atoms with E-state index < -0.39 is 0 Å². The second-order valence-electron chi connectivity index (χ2n) is 5.88. The van der Waals surface area contributed by atoms with Crippen molar-refractivity contribution in [1.82, 2.24) is 19.9 Å². The van der Waals surface area contributed by atoms with Crippen LogP contribution < -0.4 is 5.32 Å². The van der Waals surface area contributed by atoms with E-state index in [-0.39, 0.29) is 11.7 Å². The van der Waals surface area contributed by atoms with Crippen molar-refractivity contribution in [3.05, 3.63) is 84.4 Å². The number of phenolic OH excluding ortho intramolecular Hbond substituents is 1. The number of nitrogens with zero attached hydrogens (tertiary/aromatic N) is 3. The van der Waals surface area contributed by atoms with Gasteiger partial charge in [-0.2, -0.15) is 0 Å². The molecule has 1 amide bonds. The zero-order valence-corrected chi connectivity index (χ0v) is 13.8. The number of hydrogen-bond acceptors (Lipinski definition) is 4. The molecule has 4 rings (SSSR count). The molecule has 0 aliphatic heterocycles. The number of rotatable bonds is 4. The number of pyridine rings is 1. The Morgan fingerprint density at radius 1 is 1.12 bits per heavy atom. The molecule has 0 radical (unpaired) electrons. The van der Waals surface area contributed by atoms with E-state index in [4.69, 9.17) is 0 Å².